The average molecular weight is 502 g/mol. The second-order valence-electron chi connectivity index (χ2n) is 6.83. The maximum absolute atomic E-state index is 4.62. The molecule has 0 fully saturated rings. The van der Waals surface area contributed by atoms with Crippen LogP contribution in [0.4, 0.5) is 0 Å². The molecule has 0 amide bonds. The Balaban J connectivity index is 0.00000240. The van der Waals surface area contributed by atoms with Crippen molar-refractivity contribution in [1.29, 1.82) is 0 Å². The van der Waals surface area contributed by atoms with Crippen LogP contribution in [-0.2, 0) is 13.0 Å². The molecule has 4 rings (SSSR count). The molecule has 0 saturated heterocycles. The summed E-state index contributed by atoms with van der Waals surface area (Å²) < 4.78 is 2.24. The molecule has 0 aliphatic rings. The molecule has 29 heavy (non-hydrogen) atoms. The molecule has 0 spiro atoms. The van der Waals surface area contributed by atoms with E-state index in [2.05, 4.69) is 78.8 Å². The molecule has 0 aliphatic heterocycles. The van der Waals surface area contributed by atoms with Crippen molar-refractivity contribution in [2.24, 2.45) is 4.99 Å². The quantitative estimate of drug-likeness (QED) is 0.213. The van der Waals surface area contributed by atoms with Gasteiger partial charge in [-0.2, -0.15) is 0 Å². The number of H-pyrrole nitrogens is 1. The van der Waals surface area contributed by atoms with Gasteiger partial charge in [0.25, 0.3) is 0 Å². The number of aromatic nitrogens is 3. The van der Waals surface area contributed by atoms with E-state index in [1.54, 1.807) is 7.05 Å². The molecular weight excluding hydrogens is 475 g/mol. The Morgan fingerprint density at radius 3 is 2.69 bits per heavy atom. The molecule has 4 aromatic rings. The molecule has 0 unspecified atom stereocenters. The number of aromatic amines is 1. The van der Waals surface area contributed by atoms with Crippen molar-refractivity contribution in [3.05, 3.63) is 66.1 Å². The van der Waals surface area contributed by atoms with Gasteiger partial charge in [0.2, 0.25) is 0 Å². The number of imidazole rings is 1. The van der Waals surface area contributed by atoms with E-state index in [9.17, 15) is 0 Å². The van der Waals surface area contributed by atoms with Gasteiger partial charge in [-0.3, -0.25) is 4.99 Å². The summed E-state index contributed by atoms with van der Waals surface area (Å²) in [6.45, 7) is 4.51. The highest BCUT2D eigenvalue weighted by molar-refractivity contribution is 14.0. The lowest BCUT2D eigenvalue weighted by molar-refractivity contribution is 0.660. The SMILES string of the molecule is CN=C(NCCc1c[nH]c2ccccc12)NCCn1c(C)nc2ccccc21.I. The Labute approximate surface area is 187 Å². The van der Waals surface area contributed by atoms with Crippen molar-refractivity contribution in [3.8, 4) is 0 Å². The fourth-order valence-corrected chi connectivity index (χ4v) is 3.64. The van der Waals surface area contributed by atoms with Crippen molar-refractivity contribution >= 4 is 51.9 Å². The van der Waals surface area contributed by atoms with Gasteiger partial charge in [0.15, 0.2) is 5.96 Å². The topological polar surface area (TPSA) is 70.0 Å². The van der Waals surface area contributed by atoms with Gasteiger partial charge >= 0.3 is 0 Å². The lowest BCUT2D eigenvalue weighted by Crippen LogP contribution is -2.39. The summed E-state index contributed by atoms with van der Waals surface area (Å²) in [5.74, 6) is 1.85. The first kappa shape index (κ1) is 21.2. The van der Waals surface area contributed by atoms with Crippen LogP contribution in [0.5, 0.6) is 0 Å². The van der Waals surface area contributed by atoms with Crippen LogP contribution in [0.3, 0.4) is 0 Å². The number of nitrogens with zero attached hydrogens (tertiary/aromatic N) is 3. The Kier molecular flexibility index (Phi) is 7.13. The van der Waals surface area contributed by atoms with Crippen LogP contribution in [0, 0.1) is 6.92 Å². The van der Waals surface area contributed by atoms with Crippen LogP contribution < -0.4 is 10.6 Å². The first-order valence-corrected chi connectivity index (χ1v) is 9.67. The first-order valence-electron chi connectivity index (χ1n) is 9.67. The van der Waals surface area contributed by atoms with Gasteiger partial charge in [0.1, 0.15) is 5.82 Å². The van der Waals surface area contributed by atoms with Gasteiger partial charge in [-0.25, -0.2) is 4.98 Å². The van der Waals surface area contributed by atoms with Crippen LogP contribution in [0.1, 0.15) is 11.4 Å². The van der Waals surface area contributed by atoms with Crippen molar-refractivity contribution in [3.63, 3.8) is 0 Å². The van der Waals surface area contributed by atoms with Gasteiger partial charge in [-0.05, 0) is 37.1 Å². The van der Waals surface area contributed by atoms with Crippen molar-refractivity contribution in [2.75, 3.05) is 20.1 Å². The number of benzene rings is 2. The molecule has 2 heterocycles. The van der Waals surface area contributed by atoms with E-state index in [4.69, 9.17) is 0 Å². The minimum absolute atomic E-state index is 0. The predicted octanol–water partition coefficient (Wildman–Crippen LogP) is 3.85. The first-order chi connectivity index (χ1) is 13.8. The Morgan fingerprint density at radius 2 is 1.83 bits per heavy atom. The van der Waals surface area contributed by atoms with E-state index in [1.807, 2.05) is 13.0 Å². The summed E-state index contributed by atoms with van der Waals surface area (Å²) in [6.07, 6.45) is 3.03. The molecule has 2 aromatic carbocycles. The molecule has 152 valence electrons. The van der Waals surface area contributed by atoms with Crippen LogP contribution >= 0.6 is 24.0 Å². The molecule has 0 aliphatic carbocycles. The van der Waals surface area contributed by atoms with Crippen LogP contribution in [0.2, 0.25) is 0 Å². The van der Waals surface area contributed by atoms with Crippen molar-refractivity contribution in [1.82, 2.24) is 25.2 Å². The average Bonchev–Trinajstić information content (AvgIpc) is 3.27. The Hall–Kier alpha value is -2.55. The number of nitrogens with one attached hydrogen (secondary N) is 3. The summed E-state index contributed by atoms with van der Waals surface area (Å²) in [5.41, 5.74) is 4.72. The molecule has 7 heteroatoms. The number of guanidine groups is 1. The monoisotopic (exact) mass is 502 g/mol. The van der Waals surface area contributed by atoms with E-state index >= 15 is 0 Å². The summed E-state index contributed by atoms with van der Waals surface area (Å²) in [4.78, 5) is 12.3. The number of aliphatic imine (C=N–C) groups is 1. The van der Waals surface area contributed by atoms with E-state index in [0.29, 0.717) is 0 Å². The third-order valence-corrected chi connectivity index (χ3v) is 5.06. The predicted molar refractivity (Wildman–Crippen MR) is 131 cm³/mol. The Morgan fingerprint density at radius 1 is 1.07 bits per heavy atom. The van der Waals surface area contributed by atoms with Gasteiger partial charge < -0.3 is 20.2 Å². The lowest BCUT2D eigenvalue weighted by Gasteiger charge is -2.13. The van der Waals surface area contributed by atoms with Crippen LogP contribution in [-0.4, -0.2) is 40.6 Å². The molecule has 3 N–H and O–H groups in total. The molecule has 0 bridgehead atoms. The second-order valence-corrected chi connectivity index (χ2v) is 6.83. The summed E-state index contributed by atoms with van der Waals surface area (Å²) >= 11 is 0. The second kappa shape index (κ2) is 9.78. The summed E-state index contributed by atoms with van der Waals surface area (Å²) in [6, 6.07) is 16.6. The number of hydrogen-bond acceptors (Lipinski definition) is 2. The smallest absolute Gasteiger partial charge is 0.191 e. The summed E-state index contributed by atoms with van der Waals surface area (Å²) in [7, 11) is 1.80. The van der Waals surface area contributed by atoms with Crippen LogP contribution in [0.15, 0.2) is 59.7 Å². The van der Waals surface area contributed by atoms with E-state index in [-0.39, 0.29) is 24.0 Å². The molecule has 0 radical (unpaired) electrons. The number of aryl methyl sites for hydroxylation is 1. The Bertz CT molecular complexity index is 1110. The highest BCUT2D eigenvalue weighted by Gasteiger charge is 2.07. The molecule has 0 atom stereocenters. The van der Waals surface area contributed by atoms with Gasteiger partial charge in [0.05, 0.1) is 11.0 Å². The maximum Gasteiger partial charge on any atom is 0.191 e. The number of hydrogen-bond donors (Lipinski definition) is 3. The largest absolute Gasteiger partial charge is 0.361 e. The third-order valence-electron chi connectivity index (χ3n) is 5.06. The van der Waals surface area contributed by atoms with Crippen LogP contribution in [0.25, 0.3) is 21.9 Å². The normalized spacial score (nSPS) is 11.6. The number of para-hydroxylation sites is 3. The highest BCUT2D eigenvalue weighted by atomic mass is 127. The van der Waals surface area contributed by atoms with Gasteiger partial charge in [0, 0.05) is 43.8 Å². The fraction of sp³-hybridized carbons (Fsp3) is 0.273. The molecule has 6 nitrogen and oxygen atoms in total. The number of halogens is 1. The van der Waals surface area contributed by atoms with Gasteiger partial charge in [-0.15, -0.1) is 24.0 Å². The molecular formula is C22H27IN6. The maximum atomic E-state index is 4.62. The van der Waals surface area contributed by atoms with Gasteiger partial charge in [-0.1, -0.05) is 30.3 Å². The number of fused-ring (bicyclic) bond motifs is 2. The molecule has 0 saturated carbocycles. The summed E-state index contributed by atoms with van der Waals surface area (Å²) in [5, 5.41) is 8.09. The highest BCUT2D eigenvalue weighted by Crippen LogP contribution is 2.17. The zero-order valence-corrected chi connectivity index (χ0v) is 19.1. The minimum atomic E-state index is 0. The van der Waals surface area contributed by atoms with E-state index in [1.165, 1.54) is 22.0 Å². The van der Waals surface area contributed by atoms with Crippen molar-refractivity contribution in [2.45, 2.75) is 19.9 Å². The zero-order valence-electron chi connectivity index (χ0n) is 16.8. The standard InChI is InChI=1S/C22H26N6.HI/c1-16-27-20-9-5-6-10-21(20)28(16)14-13-25-22(23-2)24-12-11-17-15-26-19-8-4-3-7-18(17)19;/h3-10,15,26H,11-14H2,1-2H3,(H2,23,24,25);1H. The lowest BCUT2D eigenvalue weighted by atomic mass is 10.1. The zero-order chi connectivity index (χ0) is 19.3. The minimum Gasteiger partial charge on any atom is -0.361 e. The van der Waals surface area contributed by atoms with E-state index in [0.717, 1.165) is 43.4 Å². The third kappa shape index (κ3) is 4.72. The van der Waals surface area contributed by atoms with E-state index < -0.39 is 0 Å². The van der Waals surface area contributed by atoms with Crippen molar-refractivity contribution < 1.29 is 0 Å². The molecule has 2 aromatic heterocycles. The number of rotatable bonds is 6. The fourth-order valence-electron chi connectivity index (χ4n) is 3.64.